The highest BCUT2D eigenvalue weighted by atomic mass is 32.1. The van der Waals surface area contributed by atoms with Gasteiger partial charge < -0.3 is 9.64 Å². The molecule has 15 heavy (non-hydrogen) atoms. The van der Waals surface area contributed by atoms with E-state index in [2.05, 4.69) is 43.6 Å². The Kier molecular flexibility index (Phi) is 4.82. The van der Waals surface area contributed by atoms with Gasteiger partial charge in [0.25, 0.3) is 0 Å². The lowest BCUT2D eigenvalue weighted by Gasteiger charge is -2.19. The van der Waals surface area contributed by atoms with Gasteiger partial charge in [0.1, 0.15) is 5.75 Å². The monoisotopic (exact) mass is 225 g/mol. The maximum atomic E-state index is 5.30. The first kappa shape index (κ1) is 12.2. The highest BCUT2D eigenvalue weighted by molar-refractivity contribution is 7.80. The van der Waals surface area contributed by atoms with Crippen LogP contribution in [0.5, 0.6) is 5.75 Å². The first-order chi connectivity index (χ1) is 7.22. The van der Waals surface area contributed by atoms with E-state index in [1.165, 1.54) is 11.3 Å². The number of hydrogen-bond acceptors (Lipinski definition) is 3. The van der Waals surface area contributed by atoms with E-state index in [4.69, 9.17) is 4.74 Å². The summed E-state index contributed by atoms with van der Waals surface area (Å²) in [7, 11) is 3.79. The van der Waals surface area contributed by atoms with Gasteiger partial charge in [0.2, 0.25) is 0 Å². The molecular formula is C12H19NOS. The van der Waals surface area contributed by atoms with Gasteiger partial charge >= 0.3 is 0 Å². The Morgan fingerprint density at radius 3 is 2.67 bits per heavy atom. The minimum Gasteiger partial charge on any atom is -0.496 e. The maximum absolute atomic E-state index is 5.30. The summed E-state index contributed by atoms with van der Waals surface area (Å²) in [5.74, 6) is 1.84. The minimum atomic E-state index is 0.865. The van der Waals surface area contributed by atoms with E-state index in [9.17, 15) is 0 Å². The molecule has 0 aliphatic heterocycles. The van der Waals surface area contributed by atoms with Gasteiger partial charge in [0.05, 0.1) is 7.11 Å². The van der Waals surface area contributed by atoms with Gasteiger partial charge in [-0.05, 0) is 30.2 Å². The number of anilines is 1. The van der Waals surface area contributed by atoms with Crippen molar-refractivity contribution < 1.29 is 4.74 Å². The molecule has 0 saturated carbocycles. The summed E-state index contributed by atoms with van der Waals surface area (Å²) >= 11 is 4.23. The largest absolute Gasteiger partial charge is 0.496 e. The third-order valence-corrected chi connectivity index (χ3v) is 2.72. The average Bonchev–Trinajstić information content (AvgIpc) is 2.28. The molecule has 1 rings (SSSR count). The van der Waals surface area contributed by atoms with Crippen molar-refractivity contribution in [2.45, 2.75) is 13.3 Å². The van der Waals surface area contributed by atoms with E-state index in [1.54, 1.807) is 7.11 Å². The summed E-state index contributed by atoms with van der Waals surface area (Å²) in [6.07, 6.45) is 0.992. The molecule has 0 fully saturated rings. The Balaban J connectivity index is 2.92. The van der Waals surface area contributed by atoms with Crippen molar-refractivity contribution >= 4 is 18.3 Å². The number of benzene rings is 1. The molecule has 0 aromatic heterocycles. The summed E-state index contributed by atoms with van der Waals surface area (Å²) in [4.78, 5) is 2.20. The molecule has 84 valence electrons. The van der Waals surface area contributed by atoms with Crippen LogP contribution < -0.4 is 9.64 Å². The Hall–Kier alpha value is -0.830. The predicted octanol–water partition coefficient (Wildman–Crippen LogP) is 2.62. The molecule has 0 atom stereocenters. The lowest BCUT2D eigenvalue weighted by molar-refractivity contribution is 0.410. The third-order valence-electron chi connectivity index (χ3n) is 2.52. The molecule has 0 saturated heterocycles. The molecule has 0 aliphatic rings. The van der Waals surface area contributed by atoms with Crippen molar-refractivity contribution in [2.24, 2.45) is 0 Å². The molecule has 0 bridgehead atoms. The van der Waals surface area contributed by atoms with Crippen LogP contribution in [0.3, 0.4) is 0 Å². The molecule has 0 amide bonds. The fourth-order valence-corrected chi connectivity index (χ4v) is 1.86. The van der Waals surface area contributed by atoms with Crippen molar-refractivity contribution in [1.82, 2.24) is 0 Å². The summed E-state index contributed by atoms with van der Waals surface area (Å²) in [6.45, 7) is 3.10. The number of nitrogens with zero attached hydrogens (tertiary/aromatic N) is 1. The quantitative estimate of drug-likeness (QED) is 0.773. The number of methoxy groups -OCH3 is 1. The van der Waals surface area contributed by atoms with Gasteiger partial charge in [-0.1, -0.05) is 6.92 Å². The van der Waals surface area contributed by atoms with Crippen LogP contribution in [0.15, 0.2) is 18.2 Å². The van der Waals surface area contributed by atoms with Gasteiger partial charge in [-0.15, -0.1) is 0 Å². The highest BCUT2D eigenvalue weighted by Crippen LogP contribution is 2.24. The van der Waals surface area contributed by atoms with E-state index >= 15 is 0 Å². The second-order valence-electron chi connectivity index (χ2n) is 3.49. The van der Waals surface area contributed by atoms with Gasteiger partial charge in [0, 0.05) is 25.0 Å². The van der Waals surface area contributed by atoms with Gasteiger partial charge in [-0.2, -0.15) is 12.6 Å². The molecule has 0 radical (unpaired) electrons. The standard InChI is InChI=1S/C12H19NOS/c1-4-10-9-11(13(2)7-8-15)5-6-12(10)14-3/h5-6,9,15H,4,7-8H2,1-3H3. The lowest BCUT2D eigenvalue weighted by atomic mass is 10.1. The normalized spacial score (nSPS) is 10.1. The van der Waals surface area contributed by atoms with Gasteiger partial charge in [-0.25, -0.2) is 0 Å². The molecule has 0 heterocycles. The van der Waals surface area contributed by atoms with Crippen molar-refractivity contribution in [3.05, 3.63) is 23.8 Å². The summed E-state index contributed by atoms with van der Waals surface area (Å²) in [5.41, 5.74) is 2.47. The van der Waals surface area contributed by atoms with E-state index in [-0.39, 0.29) is 0 Å². The predicted molar refractivity (Wildman–Crippen MR) is 69.5 cm³/mol. The molecule has 1 aromatic carbocycles. The number of ether oxygens (including phenoxy) is 1. The SMILES string of the molecule is CCc1cc(N(C)CCS)ccc1OC. The number of thiol groups is 1. The molecule has 0 spiro atoms. The number of rotatable bonds is 5. The first-order valence-corrected chi connectivity index (χ1v) is 5.85. The van der Waals surface area contributed by atoms with Crippen molar-refractivity contribution in [2.75, 3.05) is 31.4 Å². The highest BCUT2D eigenvalue weighted by Gasteiger charge is 2.05. The second-order valence-corrected chi connectivity index (χ2v) is 3.94. The zero-order valence-electron chi connectivity index (χ0n) is 9.66. The molecular weight excluding hydrogens is 206 g/mol. The van der Waals surface area contributed by atoms with Crippen molar-refractivity contribution in [3.8, 4) is 5.75 Å². The molecule has 0 unspecified atom stereocenters. The third kappa shape index (κ3) is 3.06. The van der Waals surface area contributed by atoms with Crippen molar-refractivity contribution in [1.29, 1.82) is 0 Å². The van der Waals surface area contributed by atoms with Gasteiger partial charge in [-0.3, -0.25) is 0 Å². The fraction of sp³-hybridized carbons (Fsp3) is 0.500. The van der Waals surface area contributed by atoms with Crippen LogP contribution >= 0.6 is 12.6 Å². The fourth-order valence-electron chi connectivity index (χ4n) is 1.56. The van der Waals surface area contributed by atoms with E-state index in [0.29, 0.717) is 0 Å². The van der Waals surface area contributed by atoms with Gasteiger partial charge in [0.15, 0.2) is 0 Å². The Morgan fingerprint density at radius 1 is 1.40 bits per heavy atom. The van der Waals surface area contributed by atoms with Crippen LogP contribution in [-0.2, 0) is 6.42 Å². The maximum Gasteiger partial charge on any atom is 0.122 e. The van der Waals surface area contributed by atoms with Crippen molar-refractivity contribution in [3.63, 3.8) is 0 Å². The Labute approximate surface area is 97.6 Å². The molecule has 1 aromatic rings. The van der Waals surface area contributed by atoms with Crippen LogP contribution in [0, 0.1) is 0 Å². The van der Waals surface area contributed by atoms with E-state index in [1.807, 2.05) is 6.07 Å². The van der Waals surface area contributed by atoms with E-state index in [0.717, 1.165) is 24.5 Å². The first-order valence-electron chi connectivity index (χ1n) is 5.21. The average molecular weight is 225 g/mol. The zero-order valence-corrected chi connectivity index (χ0v) is 10.6. The van der Waals surface area contributed by atoms with Crippen LogP contribution in [0.2, 0.25) is 0 Å². The second kappa shape index (κ2) is 5.91. The topological polar surface area (TPSA) is 12.5 Å². The molecule has 0 N–H and O–H groups in total. The minimum absolute atomic E-state index is 0.865. The molecule has 3 heteroatoms. The van der Waals surface area contributed by atoms with E-state index < -0.39 is 0 Å². The zero-order chi connectivity index (χ0) is 11.3. The molecule has 0 aliphatic carbocycles. The molecule has 2 nitrogen and oxygen atoms in total. The summed E-state index contributed by atoms with van der Waals surface area (Å²) in [6, 6.07) is 6.30. The van der Waals surface area contributed by atoms with Crippen LogP contribution in [-0.4, -0.2) is 26.5 Å². The van der Waals surface area contributed by atoms with Crippen LogP contribution in [0.1, 0.15) is 12.5 Å². The number of hydrogen-bond donors (Lipinski definition) is 1. The Morgan fingerprint density at radius 2 is 2.13 bits per heavy atom. The Bertz CT molecular complexity index is 314. The number of aryl methyl sites for hydroxylation is 1. The lowest BCUT2D eigenvalue weighted by Crippen LogP contribution is -2.19. The van der Waals surface area contributed by atoms with Crippen LogP contribution in [0.4, 0.5) is 5.69 Å². The summed E-state index contributed by atoms with van der Waals surface area (Å²) in [5, 5.41) is 0. The summed E-state index contributed by atoms with van der Waals surface area (Å²) < 4.78 is 5.30. The smallest absolute Gasteiger partial charge is 0.122 e. The van der Waals surface area contributed by atoms with Crippen LogP contribution in [0.25, 0.3) is 0 Å².